The van der Waals surface area contributed by atoms with E-state index in [0.29, 0.717) is 17.3 Å². The Hall–Kier alpha value is -1.71. The summed E-state index contributed by atoms with van der Waals surface area (Å²) in [6.07, 6.45) is -0.153. The second-order valence-corrected chi connectivity index (χ2v) is 6.60. The average molecular weight is 341 g/mol. The molecule has 0 radical (unpaired) electrons. The summed E-state index contributed by atoms with van der Waals surface area (Å²) in [5, 5.41) is 20.9. The fourth-order valence-corrected chi connectivity index (χ4v) is 4.36. The molecule has 0 aliphatic carbocycles. The van der Waals surface area contributed by atoms with E-state index in [4.69, 9.17) is 10.5 Å². The largest absolute Gasteiger partial charge is 0.394 e. The van der Waals surface area contributed by atoms with Crippen molar-refractivity contribution in [2.24, 2.45) is 16.6 Å². The molecular weight excluding hydrogens is 325 g/mol. The number of aliphatic hydroxyl groups excluding tert-OH is 1. The van der Waals surface area contributed by atoms with E-state index in [1.165, 1.54) is 17.8 Å². The van der Waals surface area contributed by atoms with Crippen molar-refractivity contribution in [1.82, 2.24) is 0 Å². The molecule has 124 valence electrons. The molecule has 1 aromatic carbocycles. The molecule has 2 aliphatic heterocycles. The second kappa shape index (κ2) is 6.06. The number of rotatable bonds is 3. The quantitative estimate of drug-likeness (QED) is 0.635. The fraction of sp³-hybridized carbons (Fsp3) is 0.500. The first-order valence-corrected chi connectivity index (χ1v) is 8.11. The third-order valence-corrected chi connectivity index (χ3v) is 5.32. The standard InChI is InChI=1S/C14H16FN3O4S/c15-11-2-1-8(18(20)21)5-9(11)14-3-4-22-12(6-19)10(14)7-23-13(16)17-14/h1-2,5,10,12,19H,3-4,6-7H2,(H2,16,17). The van der Waals surface area contributed by atoms with Crippen LogP contribution in [0.1, 0.15) is 12.0 Å². The van der Waals surface area contributed by atoms with Gasteiger partial charge in [0.25, 0.3) is 5.69 Å². The number of nitro benzene ring substituents is 1. The lowest BCUT2D eigenvalue weighted by Gasteiger charge is -2.47. The molecule has 3 rings (SSSR count). The van der Waals surface area contributed by atoms with Crippen LogP contribution in [0.15, 0.2) is 23.2 Å². The Morgan fingerprint density at radius 1 is 1.61 bits per heavy atom. The van der Waals surface area contributed by atoms with Crippen LogP contribution in [0.4, 0.5) is 10.1 Å². The first kappa shape index (κ1) is 16.2. The predicted molar refractivity (Wildman–Crippen MR) is 83.7 cm³/mol. The highest BCUT2D eigenvalue weighted by atomic mass is 32.2. The van der Waals surface area contributed by atoms with Crippen LogP contribution in [-0.2, 0) is 10.3 Å². The molecule has 0 spiro atoms. The van der Waals surface area contributed by atoms with Gasteiger partial charge in [-0.25, -0.2) is 4.39 Å². The van der Waals surface area contributed by atoms with Crippen molar-refractivity contribution < 1.29 is 19.2 Å². The van der Waals surface area contributed by atoms with Crippen LogP contribution in [0.3, 0.4) is 0 Å². The Balaban J connectivity index is 2.18. The maximum absolute atomic E-state index is 14.5. The minimum atomic E-state index is -1.04. The van der Waals surface area contributed by atoms with Crippen LogP contribution in [0.25, 0.3) is 0 Å². The molecule has 1 aromatic rings. The first-order chi connectivity index (χ1) is 11.0. The zero-order valence-corrected chi connectivity index (χ0v) is 13.0. The lowest BCUT2D eigenvalue weighted by atomic mass is 9.72. The number of nitrogens with zero attached hydrogens (tertiary/aromatic N) is 2. The molecule has 0 aromatic heterocycles. The van der Waals surface area contributed by atoms with Crippen LogP contribution < -0.4 is 5.73 Å². The van der Waals surface area contributed by atoms with Crippen molar-refractivity contribution in [2.75, 3.05) is 19.0 Å². The summed E-state index contributed by atoms with van der Waals surface area (Å²) in [7, 11) is 0. The molecule has 0 bridgehead atoms. The molecule has 1 fully saturated rings. The van der Waals surface area contributed by atoms with Gasteiger partial charge in [-0.1, -0.05) is 11.8 Å². The summed E-state index contributed by atoms with van der Waals surface area (Å²) in [6, 6.07) is 3.42. The van der Waals surface area contributed by atoms with Gasteiger partial charge >= 0.3 is 0 Å². The highest BCUT2D eigenvalue weighted by Gasteiger charge is 2.51. The summed E-state index contributed by atoms with van der Waals surface area (Å²) >= 11 is 1.31. The number of fused-ring (bicyclic) bond motifs is 1. The van der Waals surface area contributed by atoms with Crippen molar-refractivity contribution in [2.45, 2.75) is 18.1 Å². The molecular formula is C14H16FN3O4S. The van der Waals surface area contributed by atoms with E-state index in [9.17, 15) is 19.6 Å². The number of amidine groups is 1. The Labute approximate surface area is 135 Å². The summed E-state index contributed by atoms with van der Waals surface area (Å²) in [5.41, 5.74) is 4.75. The van der Waals surface area contributed by atoms with Crippen LogP contribution >= 0.6 is 11.8 Å². The van der Waals surface area contributed by atoms with E-state index in [2.05, 4.69) is 4.99 Å². The van der Waals surface area contributed by atoms with Gasteiger partial charge < -0.3 is 15.6 Å². The Kier molecular flexibility index (Phi) is 4.26. The van der Waals surface area contributed by atoms with Crippen LogP contribution in [-0.4, -0.2) is 40.3 Å². The molecule has 2 aliphatic rings. The van der Waals surface area contributed by atoms with Gasteiger partial charge in [0, 0.05) is 42.4 Å². The minimum Gasteiger partial charge on any atom is -0.394 e. The second-order valence-electron chi connectivity index (χ2n) is 5.55. The van der Waals surface area contributed by atoms with Crippen molar-refractivity contribution in [3.63, 3.8) is 0 Å². The summed E-state index contributed by atoms with van der Waals surface area (Å²) in [5.74, 6) is -0.374. The maximum Gasteiger partial charge on any atom is 0.270 e. The number of nitrogens with two attached hydrogens (primary N) is 1. The Morgan fingerprint density at radius 2 is 2.39 bits per heavy atom. The van der Waals surface area contributed by atoms with Gasteiger partial charge in [0.1, 0.15) is 5.82 Å². The Morgan fingerprint density at radius 3 is 3.09 bits per heavy atom. The average Bonchev–Trinajstić information content (AvgIpc) is 2.53. The van der Waals surface area contributed by atoms with E-state index in [0.717, 1.165) is 12.1 Å². The smallest absolute Gasteiger partial charge is 0.270 e. The summed E-state index contributed by atoms with van der Waals surface area (Å²) in [4.78, 5) is 14.9. The van der Waals surface area contributed by atoms with Crippen LogP contribution in [0.5, 0.6) is 0 Å². The molecule has 7 nitrogen and oxygen atoms in total. The van der Waals surface area contributed by atoms with E-state index in [-0.39, 0.29) is 30.4 Å². The van der Waals surface area contributed by atoms with E-state index >= 15 is 0 Å². The molecule has 1 saturated heterocycles. The number of hydrogen-bond acceptors (Lipinski definition) is 7. The van der Waals surface area contributed by atoms with Crippen molar-refractivity contribution >= 4 is 22.6 Å². The molecule has 3 atom stereocenters. The molecule has 3 N–H and O–H groups in total. The van der Waals surface area contributed by atoms with Crippen LogP contribution in [0, 0.1) is 21.8 Å². The van der Waals surface area contributed by atoms with Gasteiger partial charge in [-0.05, 0) is 6.07 Å². The molecule has 9 heteroatoms. The third-order valence-electron chi connectivity index (χ3n) is 4.40. The number of nitro groups is 1. The van der Waals surface area contributed by atoms with Crippen molar-refractivity contribution in [3.8, 4) is 0 Å². The highest BCUT2D eigenvalue weighted by Crippen LogP contribution is 2.48. The molecule has 0 saturated carbocycles. The van der Waals surface area contributed by atoms with Crippen molar-refractivity contribution in [3.05, 3.63) is 39.7 Å². The number of thioether (sulfide) groups is 1. The van der Waals surface area contributed by atoms with E-state index < -0.39 is 22.4 Å². The maximum atomic E-state index is 14.5. The fourth-order valence-electron chi connectivity index (χ4n) is 3.30. The first-order valence-electron chi connectivity index (χ1n) is 7.13. The van der Waals surface area contributed by atoms with Gasteiger partial charge in [-0.2, -0.15) is 0 Å². The Bertz CT molecular complexity index is 671. The lowest BCUT2D eigenvalue weighted by Crippen LogP contribution is -2.52. The molecule has 23 heavy (non-hydrogen) atoms. The number of benzene rings is 1. The normalized spacial score (nSPS) is 30.4. The third kappa shape index (κ3) is 2.68. The van der Waals surface area contributed by atoms with Crippen molar-refractivity contribution in [1.29, 1.82) is 0 Å². The number of halogens is 1. The lowest BCUT2D eigenvalue weighted by molar-refractivity contribution is -0.385. The minimum absolute atomic E-state index is 0.140. The SMILES string of the molecule is NC1=NC2(c3cc([N+](=O)[O-])ccc3F)CCOC(CO)C2CS1. The van der Waals surface area contributed by atoms with Gasteiger partial charge in [0.2, 0.25) is 0 Å². The number of hydrogen-bond donors (Lipinski definition) is 2. The number of ether oxygens (including phenoxy) is 1. The topological polar surface area (TPSA) is 111 Å². The summed E-state index contributed by atoms with van der Waals surface area (Å²) in [6.45, 7) is 0.0459. The van der Waals surface area contributed by atoms with Gasteiger partial charge in [-0.15, -0.1) is 0 Å². The molecule has 3 unspecified atom stereocenters. The van der Waals surface area contributed by atoms with E-state index in [1.54, 1.807) is 0 Å². The van der Waals surface area contributed by atoms with Gasteiger partial charge in [0.15, 0.2) is 5.17 Å². The molecule has 0 amide bonds. The number of non-ortho nitro benzene ring substituents is 1. The number of aliphatic hydroxyl groups is 1. The zero-order chi connectivity index (χ0) is 16.6. The number of aliphatic imine (C=N–C) groups is 1. The molecule has 2 heterocycles. The summed E-state index contributed by atoms with van der Waals surface area (Å²) < 4.78 is 20.1. The highest BCUT2D eigenvalue weighted by molar-refractivity contribution is 8.13. The zero-order valence-electron chi connectivity index (χ0n) is 12.1. The van der Waals surface area contributed by atoms with E-state index in [1.807, 2.05) is 0 Å². The van der Waals surface area contributed by atoms with Gasteiger partial charge in [-0.3, -0.25) is 15.1 Å². The predicted octanol–water partition coefficient (Wildman–Crippen LogP) is 1.39. The van der Waals surface area contributed by atoms with Gasteiger partial charge in [0.05, 0.1) is 23.2 Å². The monoisotopic (exact) mass is 341 g/mol. The van der Waals surface area contributed by atoms with Crippen LogP contribution in [0.2, 0.25) is 0 Å².